The normalized spacial score (nSPS) is 15.0. The van der Waals surface area contributed by atoms with Crippen LogP contribution in [0.25, 0.3) is 0 Å². The van der Waals surface area contributed by atoms with Crippen LogP contribution < -0.4 is 24.8 Å². The second-order valence-corrected chi connectivity index (χ2v) is 1.32. The molecule has 0 unspecified atom stereocenters. The van der Waals surface area contributed by atoms with Crippen molar-refractivity contribution in [3.05, 3.63) is 0 Å². The SMILES string of the molecule is C1CCOC1.[Ca+2].[Cl-].[Cl-]. The van der Waals surface area contributed by atoms with Crippen LogP contribution >= 0.6 is 0 Å². The van der Waals surface area contributed by atoms with Gasteiger partial charge in [-0.25, -0.2) is 0 Å². The average molecular weight is 183 g/mol. The van der Waals surface area contributed by atoms with Gasteiger partial charge in [0.05, 0.1) is 0 Å². The molecule has 0 aromatic carbocycles. The van der Waals surface area contributed by atoms with E-state index in [2.05, 4.69) is 0 Å². The maximum Gasteiger partial charge on any atom is 2.00 e. The number of halogens is 2. The molecule has 8 heavy (non-hydrogen) atoms. The summed E-state index contributed by atoms with van der Waals surface area (Å²) in [4.78, 5) is 0. The summed E-state index contributed by atoms with van der Waals surface area (Å²) < 4.78 is 4.94. The Morgan fingerprint density at radius 3 is 1.38 bits per heavy atom. The fraction of sp³-hybridized carbons (Fsp3) is 1.00. The van der Waals surface area contributed by atoms with E-state index in [9.17, 15) is 0 Å². The summed E-state index contributed by atoms with van der Waals surface area (Å²) in [6.07, 6.45) is 2.56. The number of hydrogen-bond acceptors (Lipinski definition) is 1. The van der Waals surface area contributed by atoms with Gasteiger partial charge in [-0.3, -0.25) is 0 Å². The van der Waals surface area contributed by atoms with Gasteiger partial charge in [0.25, 0.3) is 0 Å². The first-order valence-corrected chi connectivity index (χ1v) is 2.08. The molecule has 0 saturated carbocycles. The standard InChI is InChI=1S/C4H8O.Ca.2ClH/c1-2-4-5-3-1;;;/h1-4H2;;2*1H/q;+2;;/p-2. The van der Waals surface area contributed by atoms with Crippen molar-refractivity contribution in [2.45, 2.75) is 12.8 Å². The van der Waals surface area contributed by atoms with E-state index in [1.807, 2.05) is 0 Å². The van der Waals surface area contributed by atoms with E-state index in [-0.39, 0.29) is 62.6 Å². The van der Waals surface area contributed by atoms with Crippen LogP contribution in [0.4, 0.5) is 0 Å². The van der Waals surface area contributed by atoms with Crippen molar-refractivity contribution < 1.29 is 29.6 Å². The van der Waals surface area contributed by atoms with Crippen LogP contribution in [0.5, 0.6) is 0 Å². The van der Waals surface area contributed by atoms with Crippen molar-refractivity contribution in [3.63, 3.8) is 0 Å². The molecule has 1 rings (SSSR count). The van der Waals surface area contributed by atoms with Gasteiger partial charge in [-0.1, -0.05) is 0 Å². The Morgan fingerprint density at radius 2 is 1.25 bits per heavy atom. The first kappa shape index (κ1) is 16.4. The van der Waals surface area contributed by atoms with Gasteiger partial charge in [0.15, 0.2) is 0 Å². The van der Waals surface area contributed by atoms with Gasteiger partial charge in [0.1, 0.15) is 0 Å². The number of rotatable bonds is 0. The molecule has 1 fully saturated rings. The van der Waals surface area contributed by atoms with E-state index in [0.717, 1.165) is 13.2 Å². The first-order valence-electron chi connectivity index (χ1n) is 2.08. The van der Waals surface area contributed by atoms with Crippen molar-refractivity contribution >= 4 is 37.7 Å². The first-order chi connectivity index (χ1) is 2.50. The van der Waals surface area contributed by atoms with Crippen LogP contribution in [0.15, 0.2) is 0 Å². The van der Waals surface area contributed by atoms with Gasteiger partial charge in [0, 0.05) is 13.2 Å². The third-order valence-electron chi connectivity index (χ3n) is 0.827. The molecule has 1 heterocycles. The molecule has 0 aromatic rings. The Bertz CT molecular complexity index is 25.6. The molecule has 0 radical (unpaired) electrons. The zero-order chi connectivity index (χ0) is 3.54. The van der Waals surface area contributed by atoms with Crippen molar-refractivity contribution in [2.75, 3.05) is 13.2 Å². The summed E-state index contributed by atoms with van der Waals surface area (Å²) >= 11 is 0. The molecular formula is C4H8CaCl2O. The minimum Gasteiger partial charge on any atom is -1.00 e. The molecule has 4 heteroatoms. The van der Waals surface area contributed by atoms with Crippen LogP contribution in [0, 0.1) is 0 Å². The Kier molecular flexibility index (Phi) is 23.8. The summed E-state index contributed by atoms with van der Waals surface area (Å²) in [5.41, 5.74) is 0. The molecule has 0 aromatic heterocycles. The second-order valence-electron chi connectivity index (χ2n) is 1.32. The van der Waals surface area contributed by atoms with Gasteiger partial charge >= 0.3 is 37.7 Å². The van der Waals surface area contributed by atoms with Crippen molar-refractivity contribution in [3.8, 4) is 0 Å². The van der Waals surface area contributed by atoms with E-state index in [0.29, 0.717) is 0 Å². The van der Waals surface area contributed by atoms with E-state index in [1.165, 1.54) is 12.8 Å². The topological polar surface area (TPSA) is 9.23 Å². The predicted octanol–water partition coefficient (Wildman–Crippen LogP) is -5.58. The Morgan fingerprint density at radius 1 is 0.875 bits per heavy atom. The van der Waals surface area contributed by atoms with Crippen LogP contribution in [-0.4, -0.2) is 51.0 Å². The van der Waals surface area contributed by atoms with Crippen LogP contribution in [0.1, 0.15) is 12.8 Å². The monoisotopic (exact) mass is 182 g/mol. The van der Waals surface area contributed by atoms with Crippen molar-refractivity contribution in [2.24, 2.45) is 0 Å². The largest absolute Gasteiger partial charge is 2.00 e. The molecule has 1 saturated heterocycles. The van der Waals surface area contributed by atoms with Gasteiger partial charge in [-0.15, -0.1) is 0 Å². The number of ether oxygens (including phenoxy) is 1. The summed E-state index contributed by atoms with van der Waals surface area (Å²) in [5, 5.41) is 0. The predicted molar refractivity (Wildman–Crippen MR) is 25.8 cm³/mol. The maximum absolute atomic E-state index is 4.94. The molecule has 0 bridgehead atoms. The molecule has 46 valence electrons. The Labute approximate surface area is 92.4 Å². The zero-order valence-electron chi connectivity index (χ0n) is 4.70. The summed E-state index contributed by atoms with van der Waals surface area (Å²) in [6, 6.07) is 0. The minimum absolute atomic E-state index is 0. The van der Waals surface area contributed by atoms with Crippen LogP contribution in [0.3, 0.4) is 0 Å². The summed E-state index contributed by atoms with van der Waals surface area (Å²) in [7, 11) is 0. The van der Waals surface area contributed by atoms with Gasteiger partial charge < -0.3 is 29.6 Å². The third kappa shape index (κ3) is 7.80. The Balaban J connectivity index is -0.0000000833. The third-order valence-corrected chi connectivity index (χ3v) is 0.827. The van der Waals surface area contributed by atoms with Crippen molar-refractivity contribution in [1.82, 2.24) is 0 Å². The summed E-state index contributed by atoms with van der Waals surface area (Å²) in [6.45, 7) is 2.00. The molecule has 1 aliphatic rings. The quantitative estimate of drug-likeness (QED) is 0.340. The zero-order valence-corrected chi connectivity index (χ0v) is 8.42. The average Bonchev–Trinajstić information content (AvgIpc) is 1.76. The van der Waals surface area contributed by atoms with E-state index < -0.39 is 0 Å². The fourth-order valence-electron chi connectivity index (χ4n) is 0.510. The molecule has 0 N–H and O–H groups in total. The smallest absolute Gasteiger partial charge is 1.00 e. The van der Waals surface area contributed by atoms with Gasteiger partial charge in [0.2, 0.25) is 0 Å². The van der Waals surface area contributed by atoms with E-state index in [4.69, 9.17) is 4.74 Å². The molecule has 0 amide bonds. The number of hydrogen-bond donors (Lipinski definition) is 0. The molecule has 0 aliphatic carbocycles. The molecule has 1 aliphatic heterocycles. The van der Waals surface area contributed by atoms with E-state index in [1.54, 1.807) is 0 Å². The van der Waals surface area contributed by atoms with Crippen LogP contribution in [-0.2, 0) is 4.74 Å². The Hall–Kier alpha value is 1.80. The van der Waals surface area contributed by atoms with Gasteiger partial charge in [-0.2, -0.15) is 0 Å². The minimum atomic E-state index is 0. The van der Waals surface area contributed by atoms with Crippen LogP contribution in [0.2, 0.25) is 0 Å². The van der Waals surface area contributed by atoms with Gasteiger partial charge in [-0.05, 0) is 12.8 Å². The fourth-order valence-corrected chi connectivity index (χ4v) is 0.510. The summed E-state index contributed by atoms with van der Waals surface area (Å²) in [5.74, 6) is 0. The molecule has 0 spiro atoms. The molecule has 0 atom stereocenters. The van der Waals surface area contributed by atoms with Crippen molar-refractivity contribution in [1.29, 1.82) is 0 Å². The van der Waals surface area contributed by atoms with E-state index >= 15 is 0 Å². The second kappa shape index (κ2) is 11.6. The maximum atomic E-state index is 4.94. The molecule has 1 nitrogen and oxygen atoms in total. The molecular weight excluding hydrogens is 175 g/mol.